The average Bonchev–Trinajstić information content (AvgIpc) is 3.25. The van der Waals surface area contributed by atoms with E-state index in [1.54, 1.807) is 18.0 Å². The zero-order valence-corrected chi connectivity index (χ0v) is 21.4. The van der Waals surface area contributed by atoms with Crippen LogP contribution >= 0.6 is 0 Å². The SMILES string of the molecule is C[C@@H](NC(=O)[C@H](O)[C@@H](O)C(=O)N1CCCC1(C)c1ccccc1)c1ccc(N/C=C\C(C)(C)N)cc1. The Bertz CT molecular complexity index is 1070. The molecule has 1 saturated heterocycles. The van der Waals surface area contributed by atoms with E-state index in [1.807, 2.05) is 81.4 Å². The lowest BCUT2D eigenvalue weighted by atomic mass is 9.89. The normalized spacial score (nSPS) is 20.7. The van der Waals surface area contributed by atoms with Crippen LogP contribution in [0.25, 0.3) is 0 Å². The fourth-order valence-corrected chi connectivity index (χ4v) is 4.45. The summed E-state index contributed by atoms with van der Waals surface area (Å²) in [6, 6.07) is 16.6. The predicted octanol–water partition coefficient (Wildman–Crippen LogP) is 2.79. The number of carbonyl (C=O) groups is 2. The summed E-state index contributed by atoms with van der Waals surface area (Å²) < 4.78 is 0. The summed E-state index contributed by atoms with van der Waals surface area (Å²) in [5.41, 5.74) is 7.51. The molecule has 3 rings (SSSR count). The highest BCUT2D eigenvalue weighted by molar-refractivity contribution is 5.91. The Morgan fingerprint density at radius 2 is 1.72 bits per heavy atom. The first-order valence-corrected chi connectivity index (χ1v) is 12.3. The van der Waals surface area contributed by atoms with Gasteiger partial charge < -0.3 is 31.5 Å². The van der Waals surface area contributed by atoms with Crippen molar-refractivity contribution in [1.82, 2.24) is 10.2 Å². The third kappa shape index (κ3) is 6.51. The molecule has 2 aromatic carbocycles. The third-order valence-corrected chi connectivity index (χ3v) is 6.66. The van der Waals surface area contributed by atoms with Gasteiger partial charge in [0, 0.05) is 17.8 Å². The Morgan fingerprint density at radius 1 is 1.08 bits per heavy atom. The quantitative estimate of drug-likeness (QED) is 0.365. The smallest absolute Gasteiger partial charge is 0.255 e. The highest BCUT2D eigenvalue weighted by atomic mass is 16.3. The van der Waals surface area contributed by atoms with Crippen LogP contribution in [0.5, 0.6) is 0 Å². The molecule has 8 nitrogen and oxygen atoms in total. The molecular formula is C28H38N4O4. The van der Waals surface area contributed by atoms with Crippen LogP contribution in [0, 0.1) is 0 Å². The van der Waals surface area contributed by atoms with Crippen molar-refractivity contribution in [3.05, 3.63) is 78.0 Å². The standard InChI is InChI=1S/C28H38N4O4/c1-19(20-11-13-22(14-12-20)30-17-16-27(2,3)29)31-25(35)23(33)24(34)26(36)32-18-8-15-28(32,4)21-9-6-5-7-10-21/h5-7,9-14,16-17,19,23-24,30,33-34H,8,15,18,29H2,1-4H3,(H,31,35)/b17-16-/t19-,23-,24-,28?/m1/s1. The van der Waals surface area contributed by atoms with Crippen molar-refractivity contribution in [3.63, 3.8) is 0 Å². The van der Waals surface area contributed by atoms with Gasteiger partial charge in [-0.25, -0.2) is 0 Å². The number of hydrogen-bond donors (Lipinski definition) is 5. The molecule has 0 saturated carbocycles. The highest BCUT2D eigenvalue weighted by Gasteiger charge is 2.45. The Hall–Kier alpha value is -3.20. The fourth-order valence-electron chi connectivity index (χ4n) is 4.45. The Balaban J connectivity index is 1.60. The third-order valence-electron chi connectivity index (χ3n) is 6.66. The largest absolute Gasteiger partial charge is 0.380 e. The summed E-state index contributed by atoms with van der Waals surface area (Å²) in [6.45, 7) is 7.95. The number of nitrogens with one attached hydrogen (secondary N) is 2. The first-order chi connectivity index (χ1) is 16.9. The van der Waals surface area contributed by atoms with Gasteiger partial charge in [0.2, 0.25) is 0 Å². The van der Waals surface area contributed by atoms with Gasteiger partial charge in [-0.15, -0.1) is 0 Å². The van der Waals surface area contributed by atoms with Crippen LogP contribution in [0.4, 0.5) is 5.69 Å². The van der Waals surface area contributed by atoms with E-state index in [9.17, 15) is 19.8 Å². The molecule has 0 spiro atoms. The molecule has 6 N–H and O–H groups in total. The molecule has 0 aliphatic carbocycles. The van der Waals surface area contributed by atoms with E-state index in [0.29, 0.717) is 6.54 Å². The van der Waals surface area contributed by atoms with Crippen molar-refractivity contribution in [2.75, 3.05) is 11.9 Å². The van der Waals surface area contributed by atoms with Crippen LogP contribution in [0.1, 0.15) is 57.7 Å². The first-order valence-electron chi connectivity index (χ1n) is 12.3. The van der Waals surface area contributed by atoms with Gasteiger partial charge >= 0.3 is 0 Å². The number of nitrogens with zero attached hydrogens (tertiary/aromatic N) is 1. The van der Waals surface area contributed by atoms with E-state index in [4.69, 9.17) is 5.73 Å². The molecule has 1 fully saturated rings. The van der Waals surface area contributed by atoms with Gasteiger partial charge in [0.15, 0.2) is 12.2 Å². The number of amides is 2. The van der Waals surface area contributed by atoms with E-state index < -0.39 is 41.1 Å². The number of benzene rings is 2. The summed E-state index contributed by atoms with van der Waals surface area (Å²) in [6.07, 6.45) is 1.39. The van der Waals surface area contributed by atoms with Crippen molar-refractivity contribution in [1.29, 1.82) is 0 Å². The molecule has 36 heavy (non-hydrogen) atoms. The summed E-state index contributed by atoms with van der Waals surface area (Å²) in [5, 5.41) is 27.0. The minimum Gasteiger partial charge on any atom is -0.380 e. The molecule has 0 aromatic heterocycles. The fraction of sp³-hybridized carbons (Fsp3) is 0.429. The summed E-state index contributed by atoms with van der Waals surface area (Å²) in [4.78, 5) is 27.4. The van der Waals surface area contributed by atoms with Gasteiger partial charge in [-0.2, -0.15) is 0 Å². The number of hydrogen-bond acceptors (Lipinski definition) is 6. The van der Waals surface area contributed by atoms with Crippen molar-refractivity contribution < 1.29 is 19.8 Å². The maximum absolute atomic E-state index is 13.1. The van der Waals surface area contributed by atoms with Gasteiger partial charge in [0.1, 0.15) is 0 Å². The Labute approximate surface area is 213 Å². The van der Waals surface area contributed by atoms with Crippen molar-refractivity contribution in [2.24, 2.45) is 5.73 Å². The molecular weight excluding hydrogens is 456 g/mol. The van der Waals surface area contributed by atoms with Crippen LogP contribution in [-0.4, -0.2) is 51.2 Å². The van der Waals surface area contributed by atoms with Gasteiger partial charge in [-0.05, 0) is 76.1 Å². The van der Waals surface area contributed by atoms with Crippen molar-refractivity contribution in [3.8, 4) is 0 Å². The van der Waals surface area contributed by atoms with Crippen molar-refractivity contribution in [2.45, 2.75) is 69.9 Å². The van der Waals surface area contributed by atoms with Crippen LogP contribution in [0.15, 0.2) is 66.9 Å². The van der Waals surface area contributed by atoms with Gasteiger partial charge in [-0.3, -0.25) is 9.59 Å². The van der Waals surface area contributed by atoms with Gasteiger partial charge in [0.25, 0.3) is 11.8 Å². The minimum absolute atomic E-state index is 0.423. The first kappa shape index (κ1) is 27.4. The van der Waals surface area contributed by atoms with Gasteiger partial charge in [-0.1, -0.05) is 42.5 Å². The molecule has 4 atom stereocenters. The average molecular weight is 495 g/mol. The van der Waals surface area contributed by atoms with E-state index in [0.717, 1.165) is 29.7 Å². The van der Waals surface area contributed by atoms with Crippen LogP contribution in [-0.2, 0) is 15.1 Å². The number of aliphatic hydroxyl groups is 2. The Morgan fingerprint density at radius 3 is 2.33 bits per heavy atom. The zero-order chi connectivity index (χ0) is 26.5. The molecule has 2 aromatic rings. The molecule has 1 heterocycles. The number of rotatable bonds is 9. The number of carbonyl (C=O) groups excluding carboxylic acids is 2. The molecule has 1 aliphatic heterocycles. The number of nitrogens with two attached hydrogens (primary N) is 1. The van der Waals surface area contributed by atoms with Crippen molar-refractivity contribution >= 4 is 17.5 Å². The second-order valence-electron chi connectivity index (χ2n) is 10.3. The lowest BCUT2D eigenvalue weighted by Gasteiger charge is -2.37. The predicted molar refractivity (Wildman–Crippen MR) is 141 cm³/mol. The van der Waals surface area contributed by atoms with E-state index in [1.165, 1.54) is 0 Å². The number of anilines is 1. The van der Waals surface area contributed by atoms with Crippen LogP contribution in [0.2, 0.25) is 0 Å². The molecule has 194 valence electrons. The zero-order valence-electron chi connectivity index (χ0n) is 21.4. The topological polar surface area (TPSA) is 128 Å². The monoisotopic (exact) mass is 494 g/mol. The summed E-state index contributed by atoms with van der Waals surface area (Å²) >= 11 is 0. The second-order valence-corrected chi connectivity index (χ2v) is 10.3. The molecule has 0 bridgehead atoms. The van der Waals surface area contributed by atoms with E-state index in [2.05, 4.69) is 10.6 Å². The maximum atomic E-state index is 13.1. The van der Waals surface area contributed by atoms with Gasteiger partial charge in [0.05, 0.1) is 11.6 Å². The molecule has 2 amide bonds. The molecule has 1 unspecified atom stereocenters. The van der Waals surface area contributed by atoms with E-state index >= 15 is 0 Å². The number of likely N-dealkylation sites (tertiary alicyclic amines) is 1. The molecule has 8 heteroatoms. The van der Waals surface area contributed by atoms with Crippen LogP contribution < -0.4 is 16.4 Å². The Kier molecular flexibility index (Phi) is 8.55. The molecule has 1 aliphatic rings. The summed E-state index contributed by atoms with van der Waals surface area (Å²) in [5.74, 6) is -1.46. The lowest BCUT2D eigenvalue weighted by Crippen LogP contribution is -2.54. The van der Waals surface area contributed by atoms with Crippen LogP contribution in [0.3, 0.4) is 0 Å². The lowest BCUT2D eigenvalue weighted by molar-refractivity contribution is -0.156. The van der Waals surface area contributed by atoms with E-state index in [-0.39, 0.29) is 0 Å². The number of aliphatic hydroxyl groups excluding tert-OH is 2. The maximum Gasteiger partial charge on any atom is 0.255 e. The summed E-state index contributed by atoms with van der Waals surface area (Å²) in [7, 11) is 0. The minimum atomic E-state index is -1.88. The molecule has 0 radical (unpaired) electrons. The highest BCUT2D eigenvalue weighted by Crippen LogP contribution is 2.39. The second kappa shape index (κ2) is 11.2.